The minimum atomic E-state index is -3.07. The number of hydrogen-bond donors (Lipinski definition) is 3. The molecule has 3 heterocycles. The molecule has 2 unspecified atom stereocenters. The van der Waals surface area contributed by atoms with Crippen molar-refractivity contribution in [2.45, 2.75) is 50.7 Å². The first-order valence-electron chi connectivity index (χ1n) is 11.5. The summed E-state index contributed by atoms with van der Waals surface area (Å²) in [6.45, 7) is 1.62. The van der Waals surface area contributed by atoms with Crippen LogP contribution in [0.15, 0.2) is 20.5 Å². The van der Waals surface area contributed by atoms with Crippen LogP contribution in [-0.4, -0.2) is 71.9 Å². The highest BCUT2D eigenvalue weighted by atomic mass is 32.2. The van der Waals surface area contributed by atoms with Crippen LogP contribution in [0.2, 0.25) is 0 Å². The number of aliphatic imine (C=N–C) groups is 1. The number of aryl methyl sites for hydroxylation is 2. The number of halogens is 1. The molecule has 0 saturated carbocycles. The maximum absolute atomic E-state index is 12.8. The van der Waals surface area contributed by atoms with Crippen LogP contribution in [0.4, 0.5) is 10.1 Å². The van der Waals surface area contributed by atoms with E-state index in [1.165, 1.54) is 42.4 Å². The van der Waals surface area contributed by atoms with Crippen LogP contribution in [0.3, 0.4) is 0 Å². The van der Waals surface area contributed by atoms with E-state index in [1.807, 2.05) is 4.90 Å². The number of aromatic nitrogens is 1. The van der Waals surface area contributed by atoms with Crippen molar-refractivity contribution >= 4 is 27.9 Å². The highest BCUT2D eigenvalue weighted by molar-refractivity contribution is 7.96. The molecule has 2 aliphatic heterocycles. The molecule has 5 N–H and O–H groups in total. The standard InChI is InChI=1S/C12H14N2O.C10H18FN5O2S/c15-7-13-12-8-3-1-5-10(8)14-11-6-2-4-9(11)12;1-14-19(13,17)9(2-12)10-15-3-8(6-18-10)16-4-7(11)5-16/h7H,1-6H2,(H,13,14,15);2,7-8H,3-6,12H2,1H3,(H2,13,14,17)/b;9-2+. The first-order valence-corrected chi connectivity index (χ1v) is 13.1. The van der Waals surface area contributed by atoms with E-state index in [0.717, 1.165) is 44.0 Å². The van der Waals surface area contributed by atoms with Gasteiger partial charge in [0.05, 0.1) is 18.3 Å². The first-order chi connectivity index (χ1) is 16.4. The summed E-state index contributed by atoms with van der Waals surface area (Å²) in [6.07, 6.45) is 7.82. The molecule has 2 atom stereocenters. The van der Waals surface area contributed by atoms with Crippen molar-refractivity contribution in [1.82, 2.24) is 9.88 Å². The molecule has 1 aromatic heterocycles. The maximum Gasteiger partial charge on any atom is 0.229 e. The second-order valence-corrected chi connectivity index (χ2v) is 10.7. The highest BCUT2D eigenvalue weighted by Gasteiger charge is 2.35. The Balaban J connectivity index is 0.000000165. The molecule has 4 aliphatic rings. The Kier molecular flexibility index (Phi) is 7.48. The third-order valence-electron chi connectivity index (χ3n) is 6.64. The predicted molar refractivity (Wildman–Crippen MR) is 129 cm³/mol. The SMILES string of the molecule is CN=S(N)(=O)/C(=C/N)C1=NCC(N2CC(F)C2)CO1.O=CNc1c2c(nc3c1CCC3)CCC2. The van der Waals surface area contributed by atoms with Gasteiger partial charge in [0.25, 0.3) is 0 Å². The normalized spacial score (nSPS) is 23.8. The summed E-state index contributed by atoms with van der Waals surface area (Å²) in [5.74, 6) is 0.161. The zero-order chi connectivity index (χ0) is 24.3. The molecule has 0 bridgehead atoms. The smallest absolute Gasteiger partial charge is 0.229 e. The number of rotatable bonds is 5. The number of likely N-dealkylation sites (tertiary alicyclic amines) is 1. The zero-order valence-electron chi connectivity index (χ0n) is 19.3. The second kappa shape index (κ2) is 10.4. The number of alkyl halides is 1. The molecule has 1 amide bonds. The van der Waals surface area contributed by atoms with Crippen molar-refractivity contribution in [2.24, 2.45) is 20.2 Å². The summed E-state index contributed by atoms with van der Waals surface area (Å²) in [4.78, 5) is 21.6. The fraction of sp³-hybridized carbons (Fsp3) is 0.591. The van der Waals surface area contributed by atoms with Crippen molar-refractivity contribution in [3.8, 4) is 0 Å². The lowest BCUT2D eigenvalue weighted by molar-refractivity contribution is -0.105. The number of ether oxygens (including phenoxy) is 1. The van der Waals surface area contributed by atoms with Crippen molar-refractivity contribution in [1.29, 1.82) is 0 Å². The number of hydrogen-bond acceptors (Lipinski definition) is 8. The molecule has 186 valence electrons. The van der Waals surface area contributed by atoms with Gasteiger partial charge in [0.2, 0.25) is 12.3 Å². The van der Waals surface area contributed by atoms with Crippen molar-refractivity contribution < 1.29 is 18.1 Å². The Morgan fingerprint density at radius 1 is 1.24 bits per heavy atom. The van der Waals surface area contributed by atoms with E-state index in [4.69, 9.17) is 20.6 Å². The van der Waals surface area contributed by atoms with Crippen LogP contribution in [0.25, 0.3) is 0 Å². The van der Waals surface area contributed by atoms with Crippen LogP contribution in [-0.2, 0) is 45.1 Å². The largest absolute Gasteiger partial charge is 0.475 e. The Morgan fingerprint density at radius 2 is 1.88 bits per heavy atom. The van der Waals surface area contributed by atoms with Gasteiger partial charge in [-0.3, -0.25) is 14.7 Å². The molecule has 0 radical (unpaired) electrons. The number of carbonyl (C=O) groups excluding carboxylic acids is 1. The van der Waals surface area contributed by atoms with Crippen LogP contribution < -0.4 is 16.2 Å². The third-order valence-corrected chi connectivity index (χ3v) is 8.13. The summed E-state index contributed by atoms with van der Waals surface area (Å²) in [5, 5.41) is 8.43. The first kappa shape index (κ1) is 24.6. The zero-order valence-corrected chi connectivity index (χ0v) is 20.2. The van der Waals surface area contributed by atoms with Gasteiger partial charge in [0, 0.05) is 37.7 Å². The lowest BCUT2D eigenvalue weighted by Crippen LogP contribution is -2.57. The molecule has 1 fully saturated rings. The lowest BCUT2D eigenvalue weighted by atomic mass is 10.1. The van der Waals surface area contributed by atoms with E-state index in [-0.39, 0.29) is 16.8 Å². The van der Waals surface area contributed by atoms with Crippen molar-refractivity contribution in [3.63, 3.8) is 0 Å². The number of fused-ring (bicyclic) bond motifs is 2. The summed E-state index contributed by atoms with van der Waals surface area (Å²) in [6, 6.07) is 0.0437. The summed E-state index contributed by atoms with van der Waals surface area (Å²) >= 11 is 0. The van der Waals surface area contributed by atoms with E-state index in [1.54, 1.807) is 0 Å². The maximum atomic E-state index is 12.8. The van der Waals surface area contributed by atoms with E-state index >= 15 is 0 Å². The average Bonchev–Trinajstić information content (AvgIpc) is 3.48. The number of anilines is 1. The quantitative estimate of drug-likeness (QED) is 0.518. The number of carbonyl (C=O) groups is 1. The fourth-order valence-corrected chi connectivity index (χ4v) is 5.56. The fourth-order valence-electron chi connectivity index (χ4n) is 4.80. The Morgan fingerprint density at radius 3 is 2.35 bits per heavy atom. The molecule has 2 aliphatic carbocycles. The van der Waals surface area contributed by atoms with Crippen molar-refractivity contribution in [3.05, 3.63) is 33.6 Å². The monoisotopic (exact) mass is 493 g/mol. The predicted octanol–water partition coefficient (Wildman–Crippen LogP) is 0.836. The number of nitrogens with one attached hydrogen (secondary N) is 1. The lowest BCUT2D eigenvalue weighted by Gasteiger charge is -2.41. The van der Waals surface area contributed by atoms with Gasteiger partial charge < -0.3 is 15.8 Å². The van der Waals surface area contributed by atoms with E-state index in [9.17, 15) is 13.4 Å². The molecule has 1 saturated heterocycles. The molecular weight excluding hydrogens is 461 g/mol. The number of amides is 1. The van der Waals surface area contributed by atoms with Gasteiger partial charge in [-0.2, -0.15) is 0 Å². The minimum Gasteiger partial charge on any atom is -0.475 e. The van der Waals surface area contributed by atoms with E-state index in [0.29, 0.717) is 26.2 Å². The summed E-state index contributed by atoms with van der Waals surface area (Å²) in [7, 11) is -1.72. The van der Waals surface area contributed by atoms with Gasteiger partial charge in [-0.1, -0.05) is 0 Å². The molecular formula is C22H32FN7O3S. The van der Waals surface area contributed by atoms with Crippen LogP contribution in [0.1, 0.15) is 35.4 Å². The number of pyridine rings is 1. The molecule has 34 heavy (non-hydrogen) atoms. The van der Waals surface area contributed by atoms with Gasteiger partial charge in [0.15, 0.2) is 0 Å². The Hall–Kier alpha value is -2.57. The topological polar surface area (TPSA) is 148 Å². The van der Waals surface area contributed by atoms with Gasteiger partial charge >= 0.3 is 0 Å². The second-order valence-electron chi connectivity index (χ2n) is 8.75. The van der Waals surface area contributed by atoms with Crippen LogP contribution >= 0.6 is 0 Å². The van der Waals surface area contributed by atoms with Gasteiger partial charge in [-0.05, 0) is 49.7 Å². The van der Waals surface area contributed by atoms with Crippen molar-refractivity contribution in [2.75, 3.05) is 38.6 Å². The third kappa shape index (κ3) is 4.93. The Labute approximate surface area is 199 Å². The summed E-state index contributed by atoms with van der Waals surface area (Å²) < 4.78 is 33.8. The van der Waals surface area contributed by atoms with E-state index < -0.39 is 16.1 Å². The number of nitrogens with zero attached hydrogens (tertiary/aromatic N) is 4. The highest BCUT2D eigenvalue weighted by Crippen LogP contribution is 2.36. The molecule has 0 aromatic carbocycles. The van der Waals surface area contributed by atoms with Crippen LogP contribution in [0, 0.1) is 0 Å². The molecule has 5 rings (SSSR count). The van der Waals surface area contributed by atoms with Gasteiger partial charge in [-0.15, -0.1) is 0 Å². The molecule has 0 spiro atoms. The molecule has 12 heteroatoms. The van der Waals surface area contributed by atoms with Gasteiger partial charge in [-0.25, -0.2) is 23.1 Å². The van der Waals surface area contributed by atoms with E-state index in [2.05, 4.69) is 14.7 Å². The average molecular weight is 494 g/mol. The molecule has 1 aromatic rings. The summed E-state index contributed by atoms with van der Waals surface area (Å²) in [5.41, 5.74) is 11.5. The van der Waals surface area contributed by atoms with Crippen LogP contribution in [0.5, 0.6) is 0 Å². The Bertz CT molecular complexity index is 1090. The van der Waals surface area contributed by atoms with Gasteiger partial charge in [0.1, 0.15) is 27.6 Å². The minimum absolute atomic E-state index is 0.0437. The number of nitrogens with two attached hydrogens (primary N) is 2. The molecule has 10 nitrogen and oxygen atoms in total.